The van der Waals surface area contributed by atoms with E-state index < -0.39 is 0 Å². The quantitative estimate of drug-likeness (QED) is 0.665. The zero-order valence-corrected chi connectivity index (χ0v) is 7.87. The molecule has 1 aromatic carbocycles. The van der Waals surface area contributed by atoms with Crippen LogP contribution in [0.1, 0.15) is 12.5 Å². The maximum absolute atomic E-state index is 13.4. The summed E-state index contributed by atoms with van der Waals surface area (Å²) in [6, 6.07) is 9.27. The standard InChI is InChI=1S/C12H10FN/c1-2-11(13)10-7-3-5-9-6-4-8-14-12(9)10/h2-8H,1H3/b11-2+. The van der Waals surface area contributed by atoms with Crippen molar-refractivity contribution >= 4 is 16.7 Å². The van der Waals surface area contributed by atoms with Gasteiger partial charge in [0.25, 0.3) is 0 Å². The first-order valence-electron chi connectivity index (χ1n) is 4.49. The number of allylic oxidation sites excluding steroid dienone is 1. The third-order valence-corrected chi connectivity index (χ3v) is 2.14. The first-order chi connectivity index (χ1) is 6.83. The molecule has 1 heterocycles. The molecule has 0 atom stereocenters. The molecule has 1 aromatic heterocycles. The summed E-state index contributed by atoms with van der Waals surface area (Å²) in [6.45, 7) is 1.68. The van der Waals surface area contributed by atoms with Crippen molar-refractivity contribution in [2.24, 2.45) is 0 Å². The van der Waals surface area contributed by atoms with Gasteiger partial charge in [-0.15, -0.1) is 0 Å². The van der Waals surface area contributed by atoms with E-state index in [-0.39, 0.29) is 5.83 Å². The van der Waals surface area contributed by atoms with Crippen LogP contribution in [0.25, 0.3) is 16.7 Å². The highest BCUT2D eigenvalue weighted by molar-refractivity contribution is 5.88. The van der Waals surface area contributed by atoms with Crippen LogP contribution in [-0.4, -0.2) is 4.98 Å². The van der Waals surface area contributed by atoms with E-state index in [0.29, 0.717) is 11.1 Å². The van der Waals surface area contributed by atoms with Gasteiger partial charge in [-0.25, -0.2) is 4.39 Å². The van der Waals surface area contributed by atoms with Gasteiger partial charge in [0.15, 0.2) is 0 Å². The van der Waals surface area contributed by atoms with Gasteiger partial charge in [-0.3, -0.25) is 4.98 Å². The molecule has 0 bridgehead atoms. The smallest absolute Gasteiger partial charge is 0.128 e. The number of rotatable bonds is 1. The van der Waals surface area contributed by atoms with Crippen molar-refractivity contribution < 1.29 is 4.39 Å². The molecular formula is C12H10FN. The molecular weight excluding hydrogens is 177 g/mol. The van der Waals surface area contributed by atoms with E-state index in [4.69, 9.17) is 0 Å². The fraction of sp³-hybridized carbons (Fsp3) is 0.0833. The second-order valence-corrected chi connectivity index (χ2v) is 3.02. The number of hydrogen-bond donors (Lipinski definition) is 0. The molecule has 0 saturated heterocycles. The fourth-order valence-corrected chi connectivity index (χ4v) is 1.45. The van der Waals surface area contributed by atoms with Crippen molar-refractivity contribution in [1.29, 1.82) is 0 Å². The lowest BCUT2D eigenvalue weighted by Gasteiger charge is -2.02. The Hall–Kier alpha value is -1.70. The highest BCUT2D eigenvalue weighted by Crippen LogP contribution is 2.23. The molecule has 0 amide bonds. The topological polar surface area (TPSA) is 12.9 Å². The van der Waals surface area contributed by atoms with Gasteiger partial charge in [-0.05, 0) is 19.1 Å². The summed E-state index contributed by atoms with van der Waals surface area (Å²) in [5.74, 6) is -0.228. The average Bonchev–Trinajstić information content (AvgIpc) is 2.27. The Morgan fingerprint density at radius 2 is 2.07 bits per heavy atom. The highest BCUT2D eigenvalue weighted by Gasteiger charge is 2.04. The van der Waals surface area contributed by atoms with Crippen LogP contribution >= 0.6 is 0 Å². The molecule has 0 aliphatic rings. The molecule has 0 saturated carbocycles. The van der Waals surface area contributed by atoms with Crippen LogP contribution in [-0.2, 0) is 0 Å². The summed E-state index contributed by atoms with van der Waals surface area (Å²) < 4.78 is 13.4. The number of fused-ring (bicyclic) bond motifs is 1. The van der Waals surface area contributed by atoms with Gasteiger partial charge in [0.1, 0.15) is 5.83 Å². The first kappa shape index (κ1) is 8.88. The van der Waals surface area contributed by atoms with Crippen LogP contribution in [0.15, 0.2) is 42.6 Å². The molecule has 1 nitrogen and oxygen atoms in total. The van der Waals surface area contributed by atoms with Crippen molar-refractivity contribution in [2.45, 2.75) is 6.92 Å². The Bertz CT molecular complexity index is 483. The molecule has 0 unspecified atom stereocenters. The van der Waals surface area contributed by atoms with E-state index in [2.05, 4.69) is 4.98 Å². The van der Waals surface area contributed by atoms with Gasteiger partial charge in [-0.2, -0.15) is 0 Å². The number of pyridine rings is 1. The molecule has 0 aliphatic carbocycles. The fourth-order valence-electron chi connectivity index (χ4n) is 1.45. The molecule has 2 aromatic rings. The summed E-state index contributed by atoms with van der Waals surface area (Å²) in [4.78, 5) is 4.17. The van der Waals surface area contributed by atoms with Gasteiger partial charge in [0.05, 0.1) is 5.52 Å². The lowest BCUT2D eigenvalue weighted by Crippen LogP contribution is -1.84. The Morgan fingerprint density at radius 3 is 2.86 bits per heavy atom. The highest BCUT2D eigenvalue weighted by atomic mass is 19.1. The van der Waals surface area contributed by atoms with Gasteiger partial charge in [0.2, 0.25) is 0 Å². The van der Waals surface area contributed by atoms with Crippen LogP contribution in [0.2, 0.25) is 0 Å². The average molecular weight is 187 g/mol. The zero-order valence-electron chi connectivity index (χ0n) is 7.87. The summed E-state index contributed by atoms with van der Waals surface area (Å²) in [7, 11) is 0. The van der Waals surface area contributed by atoms with E-state index in [0.717, 1.165) is 5.39 Å². The molecule has 0 fully saturated rings. The van der Waals surface area contributed by atoms with Gasteiger partial charge in [-0.1, -0.05) is 24.3 Å². The summed E-state index contributed by atoms with van der Waals surface area (Å²) in [5.41, 5.74) is 1.27. The maximum Gasteiger partial charge on any atom is 0.128 e. The predicted octanol–water partition coefficient (Wildman–Crippen LogP) is 3.57. The Kier molecular flexibility index (Phi) is 2.27. The van der Waals surface area contributed by atoms with Crippen molar-refractivity contribution in [1.82, 2.24) is 4.98 Å². The van der Waals surface area contributed by atoms with Crippen LogP contribution in [0.4, 0.5) is 4.39 Å². The summed E-state index contributed by atoms with van der Waals surface area (Å²) >= 11 is 0. The summed E-state index contributed by atoms with van der Waals surface area (Å²) in [5, 5.41) is 0.960. The molecule has 0 N–H and O–H groups in total. The predicted molar refractivity (Wildman–Crippen MR) is 56.5 cm³/mol. The number of halogens is 1. The zero-order chi connectivity index (χ0) is 9.97. The van der Waals surface area contributed by atoms with E-state index in [1.54, 1.807) is 19.2 Å². The molecule has 2 rings (SSSR count). The van der Waals surface area contributed by atoms with Crippen LogP contribution < -0.4 is 0 Å². The molecule has 14 heavy (non-hydrogen) atoms. The van der Waals surface area contributed by atoms with E-state index in [9.17, 15) is 4.39 Å². The normalized spacial score (nSPS) is 12.0. The molecule has 0 spiro atoms. The third kappa shape index (κ3) is 1.39. The minimum atomic E-state index is -0.228. The van der Waals surface area contributed by atoms with Gasteiger partial charge >= 0.3 is 0 Å². The number of nitrogens with zero attached hydrogens (tertiary/aromatic N) is 1. The van der Waals surface area contributed by atoms with Crippen LogP contribution in [0.5, 0.6) is 0 Å². The largest absolute Gasteiger partial charge is 0.256 e. The van der Waals surface area contributed by atoms with E-state index >= 15 is 0 Å². The lowest BCUT2D eigenvalue weighted by molar-refractivity contribution is 0.759. The number of benzene rings is 1. The van der Waals surface area contributed by atoms with Crippen LogP contribution in [0.3, 0.4) is 0 Å². The Morgan fingerprint density at radius 1 is 1.29 bits per heavy atom. The van der Waals surface area contributed by atoms with Crippen LogP contribution in [0, 0.1) is 0 Å². The second kappa shape index (κ2) is 3.58. The Labute approximate surface area is 81.9 Å². The second-order valence-electron chi connectivity index (χ2n) is 3.02. The number of hydrogen-bond acceptors (Lipinski definition) is 1. The minimum Gasteiger partial charge on any atom is -0.256 e. The van der Waals surface area contributed by atoms with Crippen molar-refractivity contribution in [3.63, 3.8) is 0 Å². The minimum absolute atomic E-state index is 0.228. The molecule has 70 valence electrons. The Balaban J connectivity index is 2.77. The van der Waals surface area contributed by atoms with Crippen molar-refractivity contribution in [2.75, 3.05) is 0 Å². The SMILES string of the molecule is C/C=C(/F)c1cccc2cccnc12. The monoisotopic (exact) mass is 187 g/mol. The van der Waals surface area contributed by atoms with E-state index in [1.165, 1.54) is 6.08 Å². The maximum atomic E-state index is 13.4. The summed E-state index contributed by atoms with van der Waals surface area (Å²) in [6.07, 6.45) is 3.12. The third-order valence-electron chi connectivity index (χ3n) is 2.14. The van der Waals surface area contributed by atoms with Crippen molar-refractivity contribution in [3.8, 4) is 0 Å². The molecule has 2 heteroatoms. The molecule has 0 aliphatic heterocycles. The number of aromatic nitrogens is 1. The van der Waals surface area contributed by atoms with E-state index in [1.807, 2.05) is 24.3 Å². The molecule has 0 radical (unpaired) electrons. The van der Waals surface area contributed by atoms with Gasteiger partial charge < -0.3 is 0 Å². The lowest BCUT2D eigenvalue weighted by atomic mass is 10.1. The van der Waals surface area contributed by atoms with Gasteiger partial charge in [0, 0.05) is 17.1 Å². The first-order valence-corrected chi connectivity index (χ1v) is 4.49. The number of para-hydroxylation sites is 1. The van der Waals surface area contributed by atoms with Crippen molar-refractivity contribution in [3.05, 3.63) is 48.2 Å².